The van der Waals surface area contributed by atoms with Gasteiger partial charge in [-0.3, -0.25) is 0 Å². The summed E-state index contributed by atoms with van der Waals surface area (Å²) < 4.78 is 0. The minimum Gasteiger partial charge on any atom is -1.00 e. The predicted molar refractivity (Wildman–Crippen MR) is 81.2 cm³/mol. The van der Waals surface area contributed by atoms with Gasteiger partial charge in [-0.1, -0.05) is 35.4 Å². The quantitative estimate of drug-likeness (QED) is 0.637. The minimum absolute atomic E-state index is 0. The van der Waals surface area contributed by atoms with Crippen LogP contribution in [0, 0.1) is 0 Å². The zero-order valence-electron chi connectivity index (χ0n) is 14.1. The molecule has 1 aliphatic carbocycles. The number of hydrogen-bond donors (Lipinski definition) is 1. The molecular weight excluding hydrogens is 351 g/mol. The maximum absolute atomic E-state index is 10.4. The summed E-state index contributed by atoms with van der Waals surface area (Å²) in [5, 5.41) is 10.4. The summed E-state index contributed by atoms with van der Waals surface area (Å²) >= 11 is 0. The summed E-state index contributed by atoms with van der Waals surface area (Å²) in [5.74, 6) is 0.322. The molecule has 0 heterocycles. The molecule has 1 N–H and O–H groups in total. The molecule has 4 heteroatoms. The Labute approximate surface area is 162 Å². The average Bonchev–Trinajstić information content (AvgIpc) is 2.53. The molecule has 0 spiro atoms. The first-order valence-electron chi connectivity index (χ1n) is 6.92. The fraction of sp³-hybridized carbons (Fsp3) is 0.444. The molecule has 0 radical (unpaired) electrons. The van der Waals surface area contributed by atoms with Crippen molar-refractivity contribution in [1.29, 1.82) is 0 Å². The molecule has 0 atom stereocenters. The monoisotopic (exact) mass is 374 g/mol. The van der Waals surface area contributed by atoms with Crippen LogP contribution in [0.5, 0.6) is 0 Å². The van der Waals surface area contributed by atoms with Crippen LogP contribution in [0.25, 0.3) is 0 Å². The molecule has 1 nitrogen and oxygen atoms in total. The van der Waals surface area contributed by atoms with Gasteiger partial charge in [-0.15, -0.1) is 0 Å². The second-order valence-corrected chi connectivity index (χ2v) is 6.20. The van der Waals surface area contributed by atoms with Gasteiger partial charge in [0, 0.05) is 5.92 Å². The molecule has 1 aliphatic rings. The molecule has 0 fully saturated rings. The van der Waals surface area contributed by atoms with E-state index in [9.17, 15) is 5.11 Å². The number of allylic oxidation sites excluding steroid dienone is 4. The van der Waals surface area contributed by atoms with Crippen molar-refractivity contribution >= 4 is 0 Å². The first-order chi connectivity index (χ1) is 8.75. The van der Waals surface area contributed by atoms with Crippen molar-refractivity contribution in [2.75, 3.05) is 0 Å². The summed E-state index contributed by atoms with van der Waals surface area (Å²) in [7, 11) is 0. The van der Waals surface area contributed by atoms with Crippen LogP contribution in [0.2, 0.25) is 0 Å². The SMILES string of the molecule is CC1=C(C)C(c2ccccc2C(C)(C)O)C(C)=C1C.[Cl-].[Cl-].[Ti+2]. The van der Waals surface area contributed by atoms with Crippen LogP contribution < -0.4 is 24.8 Å². The summed E-state index contributed by atoms with van der Waals surface area (Å²) in [6.07, 6.45) is 0. The van der Waals surface area contributed by atoms with E-state index in [2.05, 4.69) is 39.8 Å². The molecule has 0 saturated carbocycles. The van der Waals surface area contributed by atoms with Crippen LogP contribution in [-0.4, -0.2) is 5.11 Å². The molecular formula is C18H24Cl2OTi. The van der Waals surface area contributed by atoms with Gasteiger partial charge in [-0.2, -0.15) is 0 Å². The van der Waals surface area contributed by atoms with Crippen molar-refractivity contribution in [2.24, 2.45) is 0 Å². The standard InChI is InChI=1S/C18H24O.2ClH.Ti/c1-11-12(2)14(4)17(13(11)3)15-9-7-8-10-16(15)18(5,6)19;;;/h7-10,17,19H,1-6H3;2*1H;/q;;;+2/p-2. The molecule has 0 aliphatic heterocycles. The molecule has 0 unspecified atom stereocenters. The second-order valence-electron chi connectivity index (χ2n) is 6.20. The van der Waals surface area contributed by atoms with Crippen molar-refractivity contribution in [3.8, 4) is 0 Å². The Kier molecular flexibility index (Phi) is 9.58. The normalized spacial score (nSPS) is 15.2. The molecule has 0 amide bonds. The van der Waals surface area contributed by atoms with Crippen LogP contribution in [0.1, 0.15) is 58.6 Å². The Morgan fingerprint density at radius 1 is 0.864 bits per heavy atom. The number of hydrogen-bond acceptors (Lipinski definition) is 1. The summed E-state index contributed by atoms with van der Waals surface area (Å²) in [6.45, 7) is 12.5. The first-order valence-corrected chi connectivity index (χ1v) is 6.92. The van der Waals surface area contributed by atoms with Crippen LogP contribution in [0.4, 0.5) is 0 Å². The third kappa shape index (κ3) is 4.27. The van der Waals surface area contributed by atoms with E-state index < -0.39 is 5.60 Å². The Balaban J connectivity index is 0. The fourth-order valence-corrected chi connectivity index (χ4v) is 3.12. The molecule has 2 rings (SSSR count). The van der Waals surface area contributed by atoms with Gasteiger partial charge in [-0.25, -0.2) is 0 Å². The van der Waals surface area contributed by atoms with Crippen LogP contribution in [-0.2, 0) is 27.3 Å². The number of benzene rings is 1. The van der Waals surface area contributed by atoms with Gasteiger partial charge in [-0.05, 0) is 63.8 Å². The number of rotatable bonds is 2. The summed E-state index contributed by atoms with van der Waals surface area (Å²) in [5.41, 5.74) is 7.07. The minimum atomic E-state index is -0.804. The van der Waals surface area contributed by atoms with Crippen molar-refractivity contribution < 1.29 is 51.6 Å². The van der Waals surface area contributed by atoms with E-state index in [1.165, 1.54) is 27.9 Å². The van der Waals surface area contributed by atoms with E-state index in [0.29, 0.717) is 5.92 Å². The summed E-state index contributed by atoms with van der Waals surface area (Å²) in [4.78, 5) is 0. The van der Waals surface area contributed by atoms with E-state index in [-0.39, 0.29) is 46.5 Å². The Hall–Kier alpha value is -0.0457. The fourth-order valence-electron chi connectivity index (χ4n) is 3.12. The first kappa shape index (κ1) is 24.2. The Morgan fingerprint density at radius 3 is 1.68 bits per heavy atom. The van der Waals surface area contributed by atoms with E-state index in [4.69, 9.17) is 0 Å². The second kappa shape index (κ2) is 8.71. The van der Waals surface area contributed by atoms with Crippen molar-refractivity contribution in [3.05, 3.63) is 57.7 Å². The molecule has 0 saturated heterocycles. The van der Waals surface area contributed by atoms with Gasteiger partial charge >= 0.3 is 21.7 Å². The Bertz CT molecular complexity index is 559. The molecule has 1 aromatic rings. The third-order valence-electron chi connectivity index (χ3n) is 4.54. The smallest absolute Gasteiger partial charge is 1.00 e. The van der Waals surface area contributed by atoms with Crippen LogP contribution in [0.3, 0.4) is 0 Å². The van der Waals surface area contributed by atoms with E-state index in [1.54, 1.807) is 0 Å². The van der Waals surface area contributed by atoms with E-state index in [0.717, 1.165) is 5.56 Å². The summed E-state index contributed by atoms with van der Waals surface area (Å²) in [6, 6.07) is 8.26. The molecule has 22 heavy (non-hydrogen) atoms. The Morgan fingerprint density at radius 2 is 1.27 bits per heavy atom. The van der Waals surface area contributed by atoms with Crippen molar-refractivity contribution in [2.45, 2.75) is 53.1 Å². The van der Waals surface area contributed by atoms with Crippen molar-refractivity contribution in [3.63, 3.8) is 0 Å². The van der Waals surface area contributed by atoms with E-state index in [1.807, 2.05) is 26.0 Å². The molecule has 120 valence electrons. The van der Waals surface area contributed by atoms with Crippen LogP contribution in [0.15, 0.2) is 46.6 Å². The molecule has 0 bridgehead atoms. The maximum atomic E-state index is 10.4. The van der Waals surface area contributed by atoms with Gasteiger partial charge in [0.1, 0.15) is 0 Å². The molecule has 0 aromatic heterocycles. The van der Waals surface area contributed by atoms with Gasteiger partial charge in [0.05, 0.1) is 5.60 Å². The largest absolute Gasteiger partial charge is 2.00 e. The maximum Gasteiger partial charge on any atom is 2.00 e. The van der Waals surface area contributed by atoms with E-state index >= 15 is 0 Å². The van der Waals surface area contributed by atoms with Crippen molar-refractivity contribution in [1.82, 2.24) is 0 Å². The van der Waals surface area contributed by atoms with Gasteiger partial charge in [0.2, 0.25) is 0 Å². The number of halogens is 2. The zero-order chi connectivity index (χ0) is 14.4. The van der Waals surface area contributed by atoms with Crippen LogP contribution >= 0.6 is 0 Å². The van der Waals surface area contributed by atoms with Gasteiger partial charge in [0.15, 0.2) is 0 Å². The molecule has 1 aromatic carbocycles. The van der Waals surface area contributed by atoms with Gasteiger partial charge in [0.25, 0.3) is 0 Å². The number of aliphatic hydroxyl groups is 1. The predicted octanol–water partition coefficient (Wildman–Crippen LogP) is -1.31. The average molecular weight is 375 g/mol. The third-order valence-corrected chi connectivity index (χ3v) is 4.54. The van der Waals surface area contributed by atoms with Gasteiger partial charge < -0.3 is 29.9 Å². The zero-order valence-corrected chi connectivity index (χ0v) is 17.2. The topological polar surface area (TPSA) is 20.2 Å².